The van der Waals surface area contributed by atoms with E-state index in [2.05, 4.69) is 5.32 Å². The fourth-order valence-electron chi connectivity index (χ4n) is 3.68. The van der Waals surface area contributed by atoms with E-state index in [0.717, 1.165) is 51.6 Å². The number of nitrogens with zero attached hydrogens (tertiary/aromatic N) is 1. The minimum atomic E-state index is -0.297. The van der Waals surface area contributed by atoms with E-state index < -0.39 is 0 Å². The molecule has 1 saturated carbocycles. The van der Waals surface area contributed by atoms with Gasteiger partial charge >= 0.3 is 0 Å². The van der Waals surface area contributed by atoms with Gasteiger partial charge in [-0.2, -0.15) is 0 Å². The Morgan fingerprint density at radius 3 is 2.59 bits per heavy atom. The van der Waals surface area contributed by atoms with Crippen molar-refractivity contribution in [1.82, 2.24) is 10.2 Å². The first-order valence-electron chi connectivity index (χ1n) is 6.80. The van der Waals surface area contributed by atoms with Crippen LogP contribution in [0, 0.1) is 5.41 Å². The van der Waals surface area contributed by atoms with Crippen LogP contribution in [0.4, 0.5) is 0 Å². The lowest BCUT2D eigenvalue weighted by Crippen LogP contribution is -2.49. The van der Waals surface area contributed by atoms with Crippen molar-refractivity contribution in [3.63, 3.8) is 0 Å². The van der Waals surface area contributed by atoms with E-state index in [1.807, 2.05) is 0 Å². The molecule has 0 unspecified atom stereocenters. The Morgan fingerprint density at radius 1 is 1.18 bits per heavy atom. The van der Waals surface area contributed by atoms with Crippen LogP contribution in [0.3, 0.4) is 0 Å². The zero-order valence-electron chi connectivity index (χ0n) is 10.2. The second kappa shape index (κ2) is 4.09. The predicted octanol–water partition coefficient (Wildman–Crippen LogP) is 1.06. The molecule has 0 aromatic rings. The van der Waals surface area contributed by atoms with Gasteiger partial charge in [0.25, 0.3) is 0 Å². The highest BCUT2D eigenvalue weighted by molar-refractivity contribution is 6.06. The van der Waals surface area contributed by atoms with Gasteiger partial charge in [-0.3, -0.25) is 14.5 Å². The average Bonchev–Trinajstić information content (AvgIpc) is 2.88. The smallest absolute Gasteiger partial charge is 0.236 e. The van der Waals surface area contributed by atoms with Gasteiger partial charge in [0.1, 0.15) is 0 Å². The maximum Gasteiger partial charge on any atom is 0.236 e. The number of amides is 2. The lowest BCUT2D eigenvalue weighted by molar-refractivity contribution is -0.144. The Labute approximate surface area is 102 Å². The Kier molecular flexibility index (Phi) is 2.69. The quantitative estimate of drug-likeness (QED) is 0.693. The van der Waals surface area contributed by atoms with E-state index >= 15 is 0 Å². The molecule has 1 atom stereocenters. The van der Waals surface area contributed by atoms with Gasteiger partial charge in [-0.05, 0) is 32.2 Å². The van der Waals surface area contributed by atoms with Crippen LogP contribution in [0.1, 0.15) is 44.9 Å². The normalized spacial score (nSPS) is 32.7. The summed E-state index contributed by atoms with van der Waals surface area (Å²) in [6.45, 7) is 1.80. The SMILES string of the molecule is O=C1CC2(CCCC2)C(=O)N1[C@@H]1CCCNC1. The molecule has 94 valence electrons. The van der Waals surface area contributed by atoms with Crippen molar-refractivity contribution in [3.8, 4) is 0 Å². The van der Waals surface area contributed by atoms with E-state index in [0.29, 0.717) is 6.42 Å². The molecule has 2 saturated heterocycles. The van der Waals surface area contributed by atoms with E-state index in [4.69, 9.17) is 0 Å². The van der Waals surface area contributed by atoms with Crippen LogP contribution >= 0.6 is 0 Å². The number of imide groups is 1. The first-order chi connectivity index (χ1) is 8.23. The molecule has 2 heterocycles. The summed E-state index contributed by atoms with van der Waals surface area (Å²) in [5.74, 6) is 0.208. The number of rotatable bonds is 1. The van der Waals surface area contributed by atoms with Crippen LogP contribution < -0.4 is 5.32 Å². The number of carbonyl (C=O) groups excluding carboxylic acids is 2. The number of hydrogen-bond acceptors (Lipinski definition) is 3. The molecule has 3 fully saturated rings. The minimum absolute atomic E-state index is 0.0746. The summed E-state index contributed by atoms with van der Waals surface area (Å²) in [5, 5.41) is 3.29. The minimum Gasteiger partial charge on any atom is -0.315 e. The highest BCUT2D eigenvalue weighted by atomic mass is 16.2. The highest BCUT2D eigenvalue weighted by Crippen LogP contribution is 2.47. The molecule has 1 spiro atoms. The van der Waals surface area contributed by atoms with Crippen molar-refractivity contribution in [3.05, 3.63) is 0 Å². The van der Waals surface area contributed by atoms with Crippen LogP contribution in [-0.2, 0) is 9.59 Å². The fourth-order valence-corrected chi connectivity index (χ4v) is 3.68. The van der Waals surface area contributed by atoms with Crippen LogP contribution in [-0.4, -0.2) is 35.8 Å². The predicted molar refractivity (Wildman–Crippen MR) is 63.3 cm³/mol. The van der Waals surface area contributed by atoms with Gasteiger partial charge in [0.15, 0.2) is 0 Å². The Balaban J connectivity index is 1.80. The van der Waals surface area contributed by atoms with E-state index in [1.165, 1.54) is 0 Å². The molecule has 0 aromatic carbocycles. The first kappa shape index (κ1) is 11.2. The van der Waals surface area contributed by atoms with E-state index in [-0.39, 0.29) is 23.3 Å². The third-order valence-electron chi connectivity index (χ3n) is 4.63. The van der Waals surface area contributed by atoms with E-state index in [9.17, 15) is 9.59 Å². The van der Waals surface area contributed by atoms with Gasteiger partial charge in [-0.15, -0.1) is 0 Å². The monoisotopic (exact) mass is 236 g/mol. The Bertz CT molecular complexity index is 341. The lowest BCUT2D eigenvalue weighted by atomic mass is 9.84. The second-order valence-corrected chi connectivity index (χ2v) is 5.73. The molecular weight excluding hydrogens is 216 g/mol. The maximum absolute atomic E-state index is 12.5. The third kappa shape index (κ3) is 1.69. The molecule has 17 heavy (non-hydrogen) atoms. The zero-order valence-corrected chi connectivity index (χ0v) is 10.2. The van der Waals surface area contributed by atoms with Gasteiger partial charge in [0, 0.05) is 13.0 Å². The molecule has 2 aliphatic heterocycles. The second-order valence-electron chi connectivity index (χ2n) is 5.73. The number of carbonyl (C=O) groups is 2. The first-order valence-corrected chi connectivity index (χ1v) is 6.80. The standard InChI is InChI=1S/C13H20N2O2/c16-11-8-13(5-1-2-6-13)12(17)15(11)10-4-3-7-14-9-10/h10,14H,1-9H2/t10-/m1/s1. The van der Waals surface area contributed by atoms with Gasteiger partial charge in [-0.1, -0.05) is 12.8 Å². The Morgan fingerprint density at radius 2 is 1.94 bits per heavy atom. The molecule has 3 aliphatic rings. The molecule has 1 N–H and O–H groups in total. The molecule has 3 rings (SSSR count). The fraction of sp³-hybridized carbons (Fsp3) is 0.846. The van der Waals surface area contributed by atoms with Crippen molar-refractivity contribution < 1.29 is 9.59 Å². The van der Waals surface area contributed by atoms with Crippen molar-refractivity contribution >= 4 is 11.8 Å². The maximum atomic E-state index is 12.5. The molecular formula is C13H20N2O2. The highest BCUT2D eigenvalue weighted by Gasteiger charge is 2.54. The van der Waals surface area contributed by atoms with Gasteiger partial charge in [0.05, 0.1) is 11.5 Å². The van der Waals surface area contributed by atoms with Gasteiger partial charge in [0.2, 0.25) is 11.8 Å². The summed E-state index contributed by atoms with van der Waals surface area (Å²) in [6, 6.07) is 0.115. The van der Waals surface area contributed by atoms with Gasteiger partial charge < -0.3 is 5.32 Å². The number of nitrogens with one attached hydrogen (secondary N) is 1. The number of likely N-dealkylation sites (tertiary alicyclic amines) is 1. The van der Waals surface area contributed by atoms with Crippen molar-refractivity contribution in [2.45, 2.75) is 51.0 Å². The van der Waals surface area contributed by atoms with Crippen LogP contribution in [0.25, 0.3) is 0 Å². The molecule has 0 aromatic heterocycles. The van der Waals surface area contributed by atoms with Crippen LogP contribution in [0.5, 0.6) is 0 Å². The molecule has 0 radical (unpaired) electrons. The molecule has 4 nitrogen and oxygen atoms in total. The van der Waals surface area contributed by atoms with Crippen molar-refractivity contribution in [1.29, 1.82) is 0 Å². The molecule has 1 aliphatic carbocycles. The number of piperidine rings is 1. The summed E-state index contributed by atoms with van der Waals surface area (Å²) < 4.78 is 0. The average molecular weight is 236 g/mol. The lowest BCUT2D eigenvalue weighted by Gasteiger charge is -2.31. The number of hydrogen-bond donors (Lipinski definition) is 1. The van der Waals surface area contributed by atoms with Crippen molar-refractivity contribution in [2.75, 3.05) is 13.1 Å². The summed E-state index contributed by atoms with van der Waals surface area (Å²) in [5.41, 5.74) is -0.297. The summed E-state index contributed by atoms with van der Waals surface area (Å²) in [4.78, 5) is 26.2. The zero-order chi connectivity index (χ0) is 11.9. The molecule has 4 heteroatoms. The van der Waals surface area contributed by atoms with Crippen LogP contribution in [0.15, 0.2) is 0 Å². The Hall–Kier alpha value is -0.900. The largest absolute Gasteiger partial charge is 0.315 e. The topological polar surface area (TPSA) is 49.4 Å². The summed E-state index contributed by atoms with van der Waals surface area (Å²) in [6.07, 6.45) is 6.58. The summed E-state index contributed by atoms with van der Waals surface area (Å²) >= 11 is 0. The molecule has 0 bridgehead atoms. The van der Waals surface area contributed by atoms with Crippen LogP contribution in [0.2, 0.25) is 0 Å². The third-order valence-corrected chi connectivity index (χ3v) is 4.63. The van der Waals surface area contributed by atoms with E-state index in [1.54, 1.807) is 4.90 Å². The summed E-state index contributed by atoms with van der Waals surface area (Å²) in [7, 11) is 0. The van der Waals surface area contributed by atoms with Crippen molar-refractivity contribution in [2.24, 2.45) is 5.41 Å². The molecule has 2 amide bonds. The van der Waals surface area contributed by atoms with Gasteiger partial charge in [-0.25, -0.2) is 0 Å².